The highest BCUT2D eigenvalue weighted by molar-refractivity contribution is 6.21. The summed E-state index contributed by atoms with van der Waals surface area (Å²) in [5.41, 5.74) is 2.47. The molecule has 2 heterocycles. The minimum Gasteiger partial charge on any atom is -0.548 e. The zero-order chi connectivity index (χ0) is 19.8. The smallest absolute Gasteiger partial charge is 0.332 e. The molecule has 0 aliphatic carbocycles. The van der Waals surface area contributed by atoms with E-state index in [1.807, 2.05) is 24.3 Å². The lowest BCUT2D eigenvalue weighted by Gasteiger charge is -2.28. The van der Waals surface area contributed by atoms with E-state index in [4.69, 9.17) is 0 Å². The number of hydrogen-bond donors (Lipinski definition) is 1. The Kier molecular flexibility index (Phi) is 4.31. The monoisotopic (exact) mass is 378 g/mol. The highest BCUT2D eigenvalue weighted by Gasteiger charge is 2.47. The topological polar surface area (TPSA) is 110 Å². The van der Waals surface area contributed by atoms with Crippen LogP contribution in [0.1, 0.15) is 21.5 Å². The van der Waals surface area contributed by atoms with Gasteiger partial charge in [0, 0.05) is 18.5 Å². The van der Waals surface area contributed by atoms with Crippen molar-refractivity contribution >= 4 is 29.5 Å². The zero-order valence-corrected chi connectivity index (χ0v) is 14.8. The Hall–Kier alpha value is -3.68. The van der Waals surface area contributed by atoms with Gasteiger partial charge in [-0.05, 0) is 29.3 Å². The first-order chi connectivity index (χ1) is 13.5. The number of rotatable bonds is 4. The molecule has 1 fully saturated rings. The van der Waals surface area contributed by atoms with Crippen molar-refractivity contribution in [1.82, 2.24) is 10.2 Å². The van der Waals surface area contributed by atoms with Crippen molar-refractivity contribution in [3.8, 4) is 0 Å². The molecule has 2 aliphatic heterocycles. The van der Waals surface area contributed by atoms with E-state index >= 15 is 0 Å². The fraction of sp³-hybridized carbons (Fsp3) is 0.200. The molecule has 2 aliphatic rings. The van der Waals surface area contributed by atoms with Gasteiger partial charge in [0.25, 0.3) is 11.8 Å². The first kappa shape index (κ1) is 17.7. The first-order valence-electron chi connectivity index (χ1n) is 8.75. The predicted molar refractivity (Wildman–Crippen MR) is 96.1 cm³/mol. The molecule has 4 amide bonds. The highest BCUT2D eigenvalue weighted by atomic mass is 16.4. The number of benzene rings is 2. The van der Waals surface area contributed by atoms with Crippen molar-refractivity contribution in [3.05, 3.63) is 65.2 Å². The molecule has 4 rings (SSSR count). The van der Waals surface area contributed by atoms with E-state index < -0.39 is 30.5 Å². The largest absolute Gasteiger partial charge is 0.548 e. The SMILES string of the molecule is O=C([O-])CNC(=O)c1cccc(N2C(=O)[C@@H]3Cc4ccccc4CN3C2=O)c1. The van der Waals surface area contributed by atoms with Crippen LogP contribution in [-0.2, 0) is 22.6 Å². The molecule has 0 saturated carbocycles. The number of carbonyl (C=O) groups is 4. The second-order valence-corrected chi connectivity index (χ2v) is 6.68. The number of nitrogens with zero attached hydrogens (tertiary/aromatic N) is 2. The van der Waals surface area contributed by atoms with Gasteiger partial charge in [-0.1, -0.05) is 30.3 Å². The number of anilines is 1. The van der Waals surface area contributed by atoms with E-state index in [-0.39, 0.29) is 17.2 Å². The molecule has 28 heavy (non-hydrogen) atoms. The van der Waals surface area contributed by atoms with Gasteiger partial charge in [-0.15, -0.1) is 0 Å². The number of carbonyl (C=O) groups excluding carboxylic acids is 4. The molecule has 1 atom stereocenters. The van der Waals surface area contributed by atoms with Crippen LogP contribution in [0.5, 0.6) is 0 Å². The molecule has 2 aromatic carbocycles. The molecule has 0 aromatic heterocycles. The average molecular weight is 378 g/mol. The summed E-state index contributed by atoms with van der Waals surface area (Å²) in [4.78, 5) is 51.0. The van der Waals surface area contributed by atoms with Crippen LogP contribution >= 0.6 is 0 Å². The minimum absolute atomic E-state index is 0.146. The van der Waals surface area contributed by atoms with E-state index in [1.165, 1.54) is 23.1 Å². The Morgan fingerprint density at radius 3 is 2.57 bits per heavy atom. The summed E-state index contributed by atoms with van der Waals surface area (Å²) in [5, 5.41) is 12.7. The number of carboxylic acid groups (broad SMARTS) is 1. The van der Waals surface area contributed by atoms with Crippen LogP contribution in [0.4, 0.5) is 10.5 Å². The molecule has 8 nitrogen and oxygen atoms in total. The second kappa shape index (κ2) is 6.80. The number of urea groups is 1. The van der Waals surface area contributed by atoms with Crippen molar-refractivity contribution < 1.29 is 24.3 Å². The highest BCUT2D eigenvalue weighted by Crippen LogP contribution is 2.33. The number of carboxylic acids is 1. The first-order valence-corrected chi connectivity index (χ1v) is 8.75. The van der Waals surface area contributed by atoms with Crippen molar-refractivity contribution in [1.29, 1.82) is 0 Å². The van der Waals surface area contributed by atoms with Crippen LogP contribution in [0, 0.1) is 0 Å². The van der Waals surface area contributed by atoms with Crippen LogP contribution in [0.2, 0.25) is 0 Å². The Morgan fingerprint density at radius 1 is 1.07 bits per heavy atom. The van der Waals surface area contributed by atoms with Gasteiger partial charge in [0.2, 0.25) is 0 Å². The fourth-order valence-corrected chi connectivity index (χ4v) is 3.59. The van der Waals surface area contributed by atoms with Crippen LogP contribution in [0.15, 0.2) is 48.5 Å². The molecule has 142 valence electrons. The summed E-state index contributed by atoms with van der Waals surface area (Å²) in [6.07, 6.45) is 0.447. The van der Waals surface area contributed by atoms with Crippen LogP contribution in [0.25, 0.3) is 0 Å². The number of fused-ring (bicyclic) bond motifs is 2. The maximum atomic E-state index is 12.9. The molecule has 2 aromatic rings. The number of imide groups is 1. The Morgan fingerprint density at radius 2 is 1.82 bits per heavy atom. The molecule has 0 unspecified atom stereocenters. The zero-order valence-electron chi connectivity index (χ0n) is 14.8. The van der Waals surface area contributed by atoms with Gasteiger partial charge in [-0.25, -0.2) is 9.69 Å². The Labute approximate surface area is 160 Å². The maximum absolute atomic E-state index is 12.9. The van der Waals surface area contributed by atoms with Crippen molar-refractivity contribution in [2.75, 3.05) is 11.4 Å². The molecule has 0 bridgehead atoms. The van der Waals surface area contributed by atoms with Crippen LogP contribution in [0.3, 0.4) is 0 Å². The third kappa shape index (κ3) is 2.98. The van der Waals surface area contributed by atoms with E-state index in [1.54, 1.807) is 6.07 Å². The molecule has 0 radical (unpaired) electrons. The van der Waals surface area contributed by atoms with E-state index in [2.05, 4.69) is 5.32 Å². The van der Waals surface area contributed by atoms with E-state index in [9.17, 15) is 24.3 Å². The fourth-order valence-electron chi connectivity index (χ4n) is 3.59. The molecule has 8 heteroatoms. The van der Waals surface area contributed by atoms with Gasteiger partial charge in [0.15, 0.2) is 0 Å². The van der Waals surface area contributed by atoms with E-state index in [0.29, 0.717) is 13.0 Å². The van der Waals surface area contributed by atoms with Gasteiger partial charge in [0.1, 0.15) is 6.04 Å². The lowest BCUT2D eigenvalue weighted by molar-refractivity contribution is -0.303. The maximum Gasteiger partial charge on any atom is 0.332 e. The minimum atomic E-state index is -1.41. The third-order valence-corrected chi connectivity index (χ3v) is 4.95. The average Bonchev–Trinajstić information content (AvgIpc) is 2.94. The molecular weight excluding hydrogens is 362 g/mol. The van der Waals surface area contributed by atoms with Crippen molar-refractivity contribution in [2.24, 2.45) is 0 Å². The number of aliphatic carboxylic acids is 1. The summed E-state index contributed by atoms with van der Waals surface area (Å²) >= 11 is 0. The van der Waals surface area contributed by atoms with Gasteiger partial charge in [0.05, 0.1) is 18.2 Å². The molecule has 1 saturated heterocycles. The quantitative estimate of drug-likeness (QED) is 0.757. The summed E-state index contributed by atoms with van der Waals surface area (Å²) in [5.74, 6) is -2.38. The summed E-state index contributed by atoms with van der Waals surface area (Å²) in [6, 6.07) is 12.7. The van der Waals surface area contributed by atoms with Crippen LogP contribution < -0.4 is 15.3 Å². The van der Waals surface area contributed by atoms with Gasteiger partial charge < -0.3 is 20.1 Å². The Bertz CT molecular complexity index is 960. The van der Waals surface area contributed by atoms with E-state index in [0.717, 1.165) is 16.0 Å². The third-order valence-electron chi connectivity index (χ3n) is 4.95. The molecule has 1 N–H and O–H groups in total. The predicted octanol–water partition coefficient (Wildman–Crippen LogP) is 0.0598. The number of nitrogens with one attached hydrogen (secondary N) is 1. The van der Waals surface area contributed by atoms with Gasteiger partial charge in [-0.2, -0.15) is 0 Å². The van der Waals surface area contributed by atoms with Crippen molar-refractivity contribution in [3.63, 3.8) is 0 Å². The van der Waals surface area contributed by atoms with Gasteiger partial charge >= 0.3 is 6.03 Å². The molecule has 0 spiro atoms. The Balaban J connectivity index is 1.60. The lowest BCUT2D eigenvalue weighted by Crippen LogP contribution is -2.39. The van der Waals surface area contributed by atoms with Gasteiger partial charge in [-0.3, -0.25) is 9.59 Å². The summed E-state index contributed by atoms with van der Waals surface area (Å²) < 4.78 is 0. The normalized spacial score (nSPS) is 17.9. The summed E-state index contributed by atoms with van der Waals surface area (Å²) in [6.45, 7) is -0.271. The standard InChI is InChI=1S/C20H17N3O5/c24-17(25)10-21-18(26)13-6-3-7-15(8-13)23-19(27)16-9-12-4-1-2-5-14(12)11-22(16)20(23)28/h1-8,16H,9-11H2,(H,21,26)(H,24,25)/p-1/t16-/m0/s1. The molecular formula is C20H16N3O5-. The van der Waals surface area contributed by atoms with Crippen molar-refractivity contribution in [2.45, 2.75) is 19.0 Å². The number of amides is 4. The second-order valence-electron chi connectivity index (χ2n) is 6.68. The number of hydrogen-bond acceptors (Lipinski definition) is 5. The van der Waals surface area contributed by atoms with Crippen LogP contribution in [-0.4, -0.2) is 41.3 Å². The summed E-state index contributed by atoms with van der Waals surface area (Å²) in [7, 11) is 0. The lowest BCUT2D eigenvalue weighted by atomic mass is 9.95.